The van der Waals surface area contributed by atoms with Crippen LogP contribution in [0.4, 0.5) is 0 Å². The van der Waals surface area contributed by atoms with E-state index in [0.717, 1.165) is 29.5 Å². The number of benzene rings is 1. The molecule has 0 amide bonds. The number of rotatable bonds is 6. The lowest BCUT2D eigenvalue weighted by atomic mass is 10.0. The third kappa shape index (κ3) is 4.16. The van der Waals surface area contributed by atoms with Gasteiger partial charge in [-0.15, -0.1) is 11.3 Å². The maximum absolute atomic E-state index is 11.1. The van der Waals surface area contributed by atoms with Crippen molar-refractivity contribution in [3.8, 4) is 0 Å². The van der Waals surface area contributed by atoms with Gasteiger partial charge in [0.15, 0.2) is 0 Å². The zero-order valence-electron chi connectivity index (χ0n) is 10.2. The van der Waals surface area contributed by atoms with E-state index in [1.54, 1.807) is 23.5 Å². The third-order valence-corrected chi connectivity index (χ3v) is 4.44. The Balaban J connectivity index is 1.84. The summed E-state index contributed by atoms with van der Waals surface area (Å²) in [5.41, 5.74) is 1.26. The Morgan fingerprint density at radius 1 is 1.37 bits per heavy atom. The first-order chi connectivity index (χ1) is 9.16. The van der Waals surface area contributed by atoms with E-state index < -0.39 is 5.97 Å². The Hall–Kier alpha value is -1.17. The number of hydrogen-bond acceptors (Lipinski definition) is 3. The first-order valence-corrected chi connectivity index (χ1v) is 7.59. The molecular weight excluding hydrogens is 326 g/mol. The number of carboxylic acids is 1. The summed E-state index contributed by atoms with van der Waals surface area (Å²) >= 11 is 5.12. The van der Waals surface area contributed by atoms with Gasteiger partial charge in [0.05, 0.1) is 5.56 Å². The molecule has 0 aliphatic carbocycles. The van der Waals surface area contributed by atoms with Gasteiger partial charge < -0.3 is 10.4 Å². The highest BCUT2D eigenvalue weighted by atomic mass is 79.9. The molecule has 1 aromatic heterocycles. The normalized spacial score (nSPS) is 10.6. The monoisotopic (exact) mass is 339 g/mol. The number of nitrogens with one attached hydrogen (secondary N) is 1. The fourth-order valence-electron chi connectivity index (χ4n) is 1.83. The van der Waals surface area contributed by atoms with Crippen molar-refractivity contribution >= 4 is 33.2 Å². The van der Waals surface area contributed by atoms with E-state index in [9.17, 15) is 4.79 Å². The molecule has 2 rings (SSSR count). The average molecular weight is 340 g/mol. The van der Waals surface area contributed by atoms with E-state index in [1.807, 2.05) is 12.1 Å². The summed E-state index contributed by atoms with van der Waals surface area (Å²) in [6, 6.07) is 9.23. The van der Waals surface area contributed by atoms with E-state index in [4.69, 9.17) is 5.11 Å². The topological polar surface area (TPSA) is 49.3 Å². The molecule has 2 N–H and O–H groups in total. The second-order valence-corrected chi connectivity index (χ2v) is 6.03. The summed E-state index contributed by atoms with van der Waals surface area (Å²) in [5.74, 6) is -0.863. The number of aromatic carboxylic acids is 1. The van der Waals surface area contributed by atoms with Gasteiger partial charge in [0.1, 0.15) is 0 Å². The van der Waals surface area contributed by atoms with Gasteiger partial charge in [0.25, 0.3) is 0 Å². The highest BCUT2D eigenvalue weighted by Gasteiger charge is 2.08. The summed E-state index contributed by atoms with van der Waals surface area (Å²) in [5, 5.41) is 14.5. The summed E-state index contributed by atoms with van der Waals surface area (Å²) in [7, 11) is 0. The van der Waals surface area contributed by atoms with Gasteiger partial charge in [-0.1, -0.05) is 18.2 Å². The molecule has 2 aromatic rings. The summed E-state index contributed by atoms with van der Waals surface area (Å²) in [6.07, 6.45) is 0.717. The molecule has 3 nitrogen and oxygen atoms in total. The van der Waals surface area contributed by atoms with Crippen LogP contribution in [-0.4, -0.2) is 17.6 Å². The SMILES string of the molecule is O=C(O)c1ccccc1CCNCc1cc(Br)cs1. The molecule has 100 valence electrons. The zero-order chi connectivity index (χ0) is 13.7. The zero-order valence-corrected chi connectivity index (χ0v) is 12.6. The quantitative estimate of drug-likeness (QED) is 0.791. The molecule has 0 aliphatic rings. The van der Waals surface area contributed by atoms with Crippen LogP contribution in [0.3, 0.4) is 0 Å². The van der Waals surface area contributed by atoms with Crippen LogP contribution in [-0.2, 0) is 13.0 Å². The van der Waals surface area contributed by atoms with Gasteiger partial charge in [0, 0.05) is 21.3 Å². The number of thiophene rings is 1. The van der Waals surface area contributed by atoms with Gasteiger partial charge in [-0.3, -0.25) is 0 Å². The number of hydrogen-bond donors (Lipinski definition) is 2. The molecule has 0 spiro atoms. The number of halogens is 1. The van der Waals surface area contributed by atoms with Crippen LogP contribution in [0.15, 0.2) is 40.2 Å². The van der Waals surface area contributed by atoms with Crippen molar-refractivity contribution in [3.63, 3.8) is 0 Å². The van der Waals surface area contributed by atoms with Crippen molar-refractivity contribution in [2.45, 2.75) is 13.0 Å². The summed E-state index contributed by atoms with van der Waals surface area (Å²) < 4.78 is 1.10. The first-order valence-electron chi connectivity index (χ1n) is 5.91. The van der Waals surface area contributed by atoms with Crippen LogP contribution in [0.1, 0.15) is 20.8 Å². The average Bonchev–Trinajstić information content (AvgIpc) is 2.81. The van der Waals surface area contributed by atoms with Crippen molar-refractivity contribution in [2.75, 3.05) is 6.54 Å². The molecule has 0 aliphatic heterocycles. The van der Waals surface area contributed by atoms with Crippen LogP contribution < -0.4 is 5.32 Å². The van der Waals surface area contributed by atoms with Crippen LogP contribution in [0.5, 0.6) is 0 Å². The van der Waals surface area contributed by atoms with Crippen molar-refractivity contribution in [2.24, 2.45) is 0 Å². The van der Waals surface area contributed by atoms with E-state index in [2.05, 4.69) is 32.7 Å². The first kappa shape index (κ1) is 14.2. The van der Waals surface area contributed by atoms with Crippen molar-refractivity contribution in [1.29, 1.82) is 0 Å². The summed E-state index contributed by atoms with van der Waals surface area (Å²) in [4.78, 5) is 12.3. The van der Waals surface area contributed by atoms with Gasteiger partial charge in [0.2, 0.25) is 0 Å². The minimum atomic E-state index is -0.863. The Labute approximate surface area is 124 Å². The van der Waals surface area contributed by atoms with Gasteiger partial charge >= 0.3 is 5.97 Å². The molecule has 0 saturated carbocycles. The molecule has 19 heavy (non-hydrogen) atoms. The van der Waals surface area contributed by atoms with E-state index in [1.165, 1.54) is 4.88 Å². The van der Waals surface area contributed by atoms with Crippen molar-refractivity contribution in [3.05, 3.63) is 56.2 Å². The second kappa shape index (κ2) is 6.84. The van der Waals surface area contributed by atoms with E-state index in [0.29, 0.717) is 5.56 Å². The van der Waals surface area contributed by atoms with Crippen molar-refractivity contribution < 1.29 is 9.90 Å². The maximum Gasteiger partial charge on any atom is 0.335 e. The molecule has 0 fully saturated rings. The lowest BCUT2D eigenvalue weighted by Crippen LogP contribution is -2.17. The maximum atomic E-state index is 11.1. The van der Waals surface area contributed by atoms with Gasteiger partial charge in [-0.25, -0.2) is 4.79 Å². The molecule has 5 heteroatoms. The highest BCUT2D eigenvalue weighted by molar-refractivity contribution is 9.10. The number of carbonyl (C=O) groups is 1. The predicted octanol–water partition coefficient (Wildman–Crippen LogP) is 3.54. The Kier molecular flexibility index (Phi) is 5.13. The minimum absolute atomic E-state index is 0.392. The molecule has 1 heterocycles. The molecular formula is C14H14BrNO2S. The molecule has 0 unspecified atom stereocenters. The molecule has 1 aromatic carbocycles. The van der Waals surface area contributed by atoms with E-state index in [-0.39, 0.29) is 0 Å². The fourth-order valence-corrected chi connectivity index (χ4v) is 3.25. The Bertz CT molecular complexity index is 568. The molecule has 0 saturated heterocycles. The lowest BCUT2D eigenvalue weighted by molar-refractivity contribution is 0.0695. The fraction of sp³-hybridized carbons (Fsp3) is 0.214. The molecule has 0 bridgehead atoms. The van der Waals surface area contributed by atoms with Gasteiger partial charge in [-0.2, -0.15) is 0 Å². The van der Waals surface area contributed by atoms with Crippen LogP contribution in [0.2, 0.25) is 0 Å². The minimum Gasteiger partial charge on any atom is -0.478 e. The van der Waals surface area contributed by atoms with Gasteiger partial charge in [-0.05, 0) is 46.6 Å². The van der Waals surface area contributed by atoms with E-state index >= 15 is 0 Å². The third-order valence-electron chi connectivity index (χ3n) is 2.74. The standard InChI is InChI=1S/C14H14BrNO2S/c15-11-7-12(19-9-11)8-16-6-5-10-3-1-2-4-13(10)14(17)18/h1-4,7,9,16H,5-6,8H2,(H,17,18). The molecule has 0 radical (unpaired) electrons. The highest BCUT2D eigenvalue weighted by Crippen LogP contribution is 2.19. The van der Waals surface area contributed by atoms with Crippen molar-refractivity contribution in [1.82, 2.24) is 5.32 Å². The summed E-state index contributed by atoms with van der Waals surface area (Å²) in [6.45, 7) is 1.57. The van der Waals surface area contributed by atoms with Crippen LogP contribution in [0.25, 0.3) is 0 Å². The predicted molar refractivity (Wildman–Crippen MR) is 80.8 cm³/mol. The Morgan fingerprint density at radius 3 is 2.84 bits per heavy atom. The number of carboxylic acid groups (broad SMARTS) is 1. The second-order valence-electron chi connectivity index (χ2n) is 4.12. The van der Waals surface area contributed by atoms with Crippen LogP contribution >= 0.6 is 27.3 Å². The lowest BCUT2D eigenvalue weighted by Gasteiger charge is -2.06. The largest absolute Gasteiger partial charge is 0.478 e. The van der Waals surface area contributed by atoms with Crippen LogP contribution in [0, 0.1) is 0 Å². The Morgan fingerprint density at radius 2 is 2.16 bits per heavy atom. The smallest absolute Gasteiger partial charge is 0.335 e. The molecule has 0 atom stereocenters.